The molecule has 0 atom stereocenters. The Morgan fingerprint density at radius 2 is 2.21 bits per heavy atom. The van der Waals surface area contributed by atoms with Gasteiger partial charge in [0.05, 0.1) is 12.7 Å². The van der Waals surface area contributed by atoms with Crippen molar-refractivity contribution in [3.63, 3.8) is 0 Å². The summed E-state index contributed by atoms with van der Waals surface area (Å²) in [5, 5.41) is 3.26. The fourth-order valence-electron chi connectivity index (χ4n) is 1.27. The maximum atomic E-state index is 5.56. The number of rotatable bonds is 7. The molecule has 0 aliphatic carbocycles. The molecule has 1 rings (SSSR count). The Labute approximate surface area is 85.9 Å². The van der Waals surface area contributed by atoms with E-state index in [1.54, 1.807) is 0 Å². The van der Waals surface area contributed by atoms with Crippen molar-refractivity contribution in [2.24, 2.45) is 0 Å². The fraction of sp³-hybridized carbons (Fsp3) is 0.727. The van der Waals surface area contributed by atoms with Crippen LogP contribution in [0.2, 0.25) is 0 Å². The monoisotopic (exact) mass is 196 g/mol. The van der Waals surface area contributed by atoms with Crippen LogP contribution in [0.1, 0.15) is 44.8 Å². The van der Waals surface area contributed by atoms with Crippen LogP contribution in [0.5, 0.6) is 0 Å². The van der Waals surface area contributed by atoms with Gasteiger partial charge in [0.1, 0.15) is 5.76 Å². The molecule has 0 aliphatic heterocycles. The van der Waals surface area contributed by atoms with Crippen molar-refractivity contribution in [2.75, 3.05) is 6.54 Å². The Balaban J connectivity index is 2.27. The van der Waals surface area contributed by atoms with E-state index >= 15 is 0 Å². The Morgan fingerprint density at radius 1 is 1.36 bits per heavy atom. The Bertz CT molecular complexity index is 245. The van der Waals surface area contributed by atoms with Crippen LogP contribution < -0.4 is 5.32 Å². The predicted octanol–water partition coefficient (Wildman–Crippen LogP) is 2.52. The maximum Gasteiger partial charge on any atom is 0.208 e. The van der Waals surface area contributed by atoms with Crippen LogP contribution in [0.15, 0.2) is 10.6 Å². The number of oxazole rings is 1. The highest BCUT2D eigenvalue weighted by Crippen LogP contribution is 2.07. The van der Waals surface area contributed by atoms with Crippen molar-refractivity contribution in [1.82, 2.24) is 10.3 Å². The van der Waals surface area contributed by atoms with E-state index in [0.29, 0.717) is 0 Å². The van der Waals surface area contributed by atoms with Crippen molar-refractivity contribution >= 4 is 0 Å². The number of hydrogen-bond acceptors (Lipinski definition) is 3. The zero-order valence-electron chi connectivity index (χ0n) is 9.18. The summed E-state index contributed by atoms with van der Waals surface area (Å²) < 4.78 is 5.56. The second-order valence-corrected chi connectivity index (χ2v) is 3.50. The number of nitrogens with one attached hydrogen (secondary N) is 1. The van der Waals surface area contributed by atoms with Crippen molar-refractivity contribution < 1.29 is 4.42 Å². The Hall–Kier alpha value is -0.830. The van der Waals surface area contributed by atoms with Crippen molar-refractivity contribution in [2.45, 2.75) is 46.1 Å². The lowest BCUT2D eigenvalue weighted by Gasteiger charge is -1.97. The largest absolute Gasteiger partial charge is 0.444 e. The van der Waals surface area contributed by atoms with Gasteiger partial charge in [0.25, 0.3) is 0 Å². The summed E-state index contributed by atoms with van der Waals surface area (Å²) in [5.41, 5.74) is 0. The quantitative estimate of drug-likeness (QED) is 0.681. The average Bonchev–Trinajstić information content (AvgIpc) is 2.63. The number of nitrogens with zero attached hydrogens (tertiary/aromatic N) is 1. The van der Waals surface area contributed by atoms with Gasteiger partial charge in [0, 0.05) is 6.42 Å². The zero-order chi connectivity index (χ0) is 10.2. The SMILES string of the molecule is CCCCc1cnc(CNCCC)o1. The molecular formula is C11H20N2O. The van der Waals surface area contributed by atoms with Gasteiger partial charge < -0.3 is 9.73 Å². The van der Waals surface area contributed by atoms with E-state index in [1.165, 1.54) is 12.8 Å². The molecule has 3 nitrogen and oxygen atoms in total. The summed E-state index contributed by atoms with van der Waals surface area (Å²) in [4.78, 5) is 4.21. The lowest BCUT2D eigenvalue weighted by Crippen LogP contribution is -2.13. The summed E-state index contributed by atoms with van der Waals surface area (Å²) in [6.45, 7) is 6.10. The highest BCUT2D eigenvalue weighted by Gasteiger charge is 2.02. The first-order valence-corrected chi connectivity index (χ1v) is 5.51. The van der Waals surface area contributed by atoms with E-state index in [0.717, 1.165) is 37.6 Å². The second kappa shape index (κ2) is 6.60. The molecule has 80 valence electrons. The summed E-state index contributed by atoms with van der Waals surface area (Å²) in [7, 11) is 0. The third-order valence-corrected chi connectivity index (χ3v) is 2.08. The molecule has 3 heteroatoms. The standard InChI is InChI=1S/C11H20N2O/c1-3-5-6-10-8-13-11(14-10)9-12-7-4-2/h8,12H,3-7,9H2,1-2H3. The van der Waals surface area contributed by atoms with Gasteiger partial charge in [-0.05, 0) is 19.4 Å². The number of aromatic nitrogens is 1. The molecule has 0 aliphatic rings. The molecule has 0 radical (unpaired) electrons. The molecule has 0 saturated carbocycles. The predicted molar refractivity (Wildman–Crippen MR) is 57.1 cm³/mol. The van der Waals surface area contributed by atoms with Gasteiger partial charge in [0.2, 0.25) is 5.89 Å². The van der Waals surface area contributed by atoms with Gasteiger partial charge in [-0.3, -0.25) is 0 Å². The third kappa shape index (κ3) is 3.92. The molecular weight excluding hydrogens is 176 g/mol. The van der Waals surface area contributed by atoms with Crippen LogP contribution in [0.3, 0.4) is 0 Å². The van der Waals surface area contributed by atoms with E-state index in [4.69, 9.17) is 4.42 Å². The summed E-state index contributed by atoms with van der Waals surface area (Å²) >= 11 is 0. The van der Waals surface area contributed by atoms with Crippen molar-refractivity contribution in [3.8, 4) is 0 Å². The third-order valence-electron chi connectivity index (χ3n) is 2.08. The molecule has 0 fully saturated rings. The van der Waals surface area contributed by atoms with Gasteiger partial charge in [-0.15, -0.1) is 0 Å². The molecule has 0 amide bonds. The number of unbranched alkanes of at least 4 members (excludes halogenated alkanes) is 1. The van der Waals surface area contributed by atoms with Crippen LogP contribution in [-0.2, 0) is 13.0 Å². The number of aryl methyl sites for hydroxylation is 1. The smallest absolute Gasteiger partial charge is 0.208 e. The van der Waals surface area contributed by atoms with E-state index in [9.17, 15) is 0 Å². The topological polar surface area (TPSA) is 38.1 Å². The van der Waals surface area contributed by atoms with Crippen LogP contribution >= 0.6 is 0 Å². The molecule has 0 saturated heterocycles. The lowest BCUT2D eigenvalue weighted by atomic mass is 10.2. The Kier molecular flexibility index (Phi) is 5.30. The molecule has 0 bridgehead atoms. The van der Waals surface area contributed by atoms with Crippen LogP contribution in [-0.4, -0.2) is 11.5 Å². The van der Waals surface area contributed by atoms with Gasteiger partial charge in [-0.1, -0.05) is 20.3 Å². The normalized spacial score (nSPS) is 10.7. The van der Waals surface area contributed by atoms with E-state index < -0.39 is 0 Å². The minimum atomic E-state index is 0.750. The molecule has 0 aromatic carbocycles. The average molecular weight is 196 g/mol. The van der Waals surface area contributed by atoms with E-state index in [1.807, 2.05) is 6.20 Å². The van der Waals surface area contributed by atoms with E-state index in [-0.39, 0.29) is 0 Å². The fourth-order valence-corrected chi connectivity index (χ4v) is 1.27. The zero-order valence-corrected chi connectivity index (χ0v) is 9.18. The van der Waals surface area contributed by atoms with Gasteiger partial charge >= 0.3 is 0 Å². The van der Waals surface area contributed by atoms with Crippen molar-refractivity contribution in [1.29, 1.82) is 0 Å². The van der Waals surface area contributed by atoms with Crippen molar-refractivity contribution in [3.05, 3.63) is 17.8 Å². The second-order valence-electron chi connectivity index (χ2n) is 3.50. The molecule has 1 heterocycles. The van der Waals surface area contributed by atoms with Crippen LogP contribution in [0, 0.1) is 0 Å². The molecule has 1 aromatic heterocycles. The highest BCUT2D eigenvalue weighted by atomic mass is 16.4. The molecule has 0 spiro atoms. The van der Waals surface area contributed by atoms with Crippen LogP contribution in [0.25, 0.3) is 0 Å². The van der Waals surface area contributed by atoms with Gasteiger partial charge in [0.15, 0.2) is 0 Å². The summed E-state index contributed by atoms with van der Waals surface area (Å²) in [5.74, 6) is 1.82. The lowest BCUT2D eigenvalue weighted by molar-refractivity contribution is 0.432. The molecule has 1 aromatic rings. The first-order chi connectivity index (χ1) is 6.86. The first kappa shape index (κ1) is 11.2. The molecule has 1 N–H and O–H groups in total. The summed E-state index contributed by atoms with van der Waals surface area (Å²) in [6, 6.07) is 0. The van der Waals surface area contributed by atoms with Crippen LogP contribution in [0.4, 0.5) is 0 Å². The minimum Gasteiger partial charge on any atom is -0.444 e. The minimum absolute atomic E-state index is 0.750. The molecule has 0 unspecified atom stereocenters. The van der Waals surface area contributed by atoms with E-state index in [2.05, 4.69) is 24.1 Å². The number of hydrogen-bond donors (Lipinski definition) is 1. The summed E-state index contributed by atoms with van der Waals surface area (Å²) in [6.07, 6.45) is 6.38. The first-order valence-electron chi connectivity index (χ1n) is 5.51. The highest BCUT2D eigenvalue weighted by molar-refractivity contribution is 4.94. The maximum absolute atomic E-state index is 5.56. The van der Waals surface area contributed by atoms with Gasteiger partial charge in [-0.25, -0.2) is 4.98 Å². The molecule has 14 heavy (non-hydrogen) atoms. The van der Waals surface area contributed by atoms with Gasteiger partial charge in [-0.2, -0.15) is 0 Å². The Morgan fingerprint density at radius 3 is 2.93 bits per heavy atom.